The molecule has 2 heterocycles. The lowest BCUT2D eigenvalue weighted by Crippen LogP contribution is -2.58. The minimum absolute atomic E-state index is 0. The van der Waals surface area contributed by atoms with E-state index in [1.807, 2.05) is 0 Å². The second-order valence-corrected chi connectivity index (χ2v) is 3.76. The third kappa shape index (κ3) is 1.68. The van der Waals surface area contributed by atoms with Gasteiger partial charge in [0, 0.05) is 18.5 Å². The van der Waals surface area contributed by atoms with E-state index < -0.39 is 0 Å². The minimum Gasteiger partial charge on any atom is -0.378 e. The summed E-state index contributed by atoms with van der Waals surface area (Å²) in [5.74, 6) is 0. The molecule has 2 aliphatic rings. The van der Waals surface area contributed by atoms with Crippen LogP contribution >= 0.6 is 12.4 Å². The van der Waals surface area contributed by atoms with E-state index in [2.05, 4.69) is 12.2 Å². The molecule has 0 radical (unpaired) electrons. The van der Waals surface area contributed by atoms with Gasteiger partial charge in [-0.05, 0) is 19.8 Å². The lowest BCUT2D eigenvalue weighted by molar-refractivity contribution is -0.0761. The molecule has 2 nitrogen and oxygen atoms in total. The van der Waals surface area contributed by atoms with Crippen molar-refractivity contribution >= 4 is 12.4 Å². The van der Waals surface area contributed by atoms with Crippen molar-refractivity contribution in [2.24, 2.45) is 5.41 Å². The Kier molecular flexibility index (Phi) is 2.79. The van der Waals surface area contributed by atoms with Gasteiger partial charge in [0.1, 0.15) is 0 Å². The van der Waals surface area contributed by atoms with E-state index in [1.54, 1.807) is 0 Å². The number of ether oxygens (including phenoxy) is 1. The molecule has 2 saturated heterocycles. The van der Waals surface area contributed by atoms with Crippen LogP contribution in [0.25, 0.3) is 0 Å². The van der Waals surface area contributed by atoms with E-state index in [1.165, 1.54) is 25.9 Å². The molecule has 1 atom stereocenters. The van der Waals surface area contributed by atoms with Crippen LogP contribution in [0.15, 0.2) is 0 Å². The fourth-order valence-corrected chi connectivity index (χ4v) is 1.74. The van der Waals surface area contributed by atoms with Gasteiger partial charge in [0.05, 0.1) is 12.7 Å². The Labute approximate surface area is 74.1 Å². The summed E-state index contributed by atoms with van der Waals surface area (Å²) >= 11 is 0. The summed E-state index contributed by atoms with van der Waals surface area (Å²) in [6, 6.07) is 0. The van der Waals surface area contributed by atoms with E-state index in [9.17, 15) is 0 Å². The molecule has 0 amide bonds. The zero-order valence-electron chi connectivity index (χ0n) is 6.93. The molecule has 1 spiro atoms. The Morgan fingerprint density at radius 2 is 2.18 bits per heavy atom. The summed E-state index contributed by atoms with van der Waals surface area (Å²) in [5, 5.41) is 3.31. The maximum atomic E-state index is 5.60. The van der Waals surface area contributed by atoms with Crippen LogP contribution in [-0.4, -0.2) is 25.8 Å². The van der Waals surface area contributed by atoms with Crippen LogP contribution in [0.5, 0.6) is 0 Å². The van der Waals surface area contributed by atoms with Crippen LogP contribution in [0, 0.1) is 5.41 Å². The van der Waals surface area contributed by atoms with Gasteiger partial charge in [0.25, 0.3) is 0 Å². The smallest absolute Gasteiger partial charge is 0.0550 e. The summed E-state index contributed by atoms with van der Waals surface area (Å²) in [4.78, 5) is 0. The maximum Gasteiger partial charge on any atom is 0.0550 e. The SMILES string of the molecule is CC1CCC2(CNC2)CO1.Cl. The second kappa shape index (κ2) is 3.30. The van der Waals surface area contributed by atoms with Crippen molar-refractivity contribution in [3.63, 3.8) is 0 Å². The third-order valence-electron chi connectivity index (χ3n) is 2.76. The van der Waals surface area contributed by atoms with E-state index in [0.29, 0.717) is 11.5 Å². The minimum atomic E-state index is 0. The van der Waals surface area contributed by atoms with Crippen molar-refractivity contribution in [1.29, 1.82) is 0 Å². The molecule has 0 aromatic heterocycles. The lowest BCUT2D eigenvalue weighted by Gasteiger charge is -2.46. The van der Waals surface area contributed by atoms with Gasteiger partial charge in [0.2, 0.25) is 0 Å². The van der Waals surface area contributed by atoms with Crippen molar-refractivity contribution in [2.45, 2.75) is 25.9 Å². The monoisotopic (exact) mass is 177 g/mol. The number of hydrogen-bond donors (Lipinski definition) is 1. The first kappa shape index (κ1) is 9.30. The molecule has 66 valence electrons. The van der Waals surface area contributed by atoms with Crippen molar-refractivity contribution in [2.75, 3.05) is 19.7 Å². The molecule has 2 rings (SSSR count). The van der Waals surface area contributed by atoms with E-state index in [0.717, 1.165) is 6.61 Å². The van der Waals surface area contributed by atoms with Crippen LogP contribution in [0.3, 0.4) is 0 Å². The highest BCUT2D eigenvalue weighted by Gasteiger charge is 2.39. The van der Waals surface area contributed by atoms with Gasteiger partial charge in [-0.15, -0.1) is 12.4 Å². The quantitative estimate of drug-likeness (QED) is 0.601. The van der Waals surface area contributed by atoms with Gasteiger partial charge in [0.15, 0.2) is 0 Å². The standard InChI is InChI=1S/C8H15NO.ClH/c1-7-2-3-8(6-10-7)4-9-5-8;/h7,9H,2-6H2,1H3;1H. The molecule has 0 aromatic carbocycles. The highest BCUT2D eigenvalue weighted by Crippen LogP contribution is 2.34. The first-order chi connectivity index (χ1) is 4.81. The Morgan fingerprint density at radius 1 is 1.45 bits per heavy atom. The fraction of sp³-hybridized carbons (Fsp3) is 1.00. The third-order valence-corrected chi connectivity index (χ3v) is 2.76. The van der Waals surface area contributed by atoms with Gasteiger partial charge in [-0.2, -0.15) is 0 Å². The maximum absolute atomic E-state index is 5.60. The fourth-order valence-electron chi connectivity index (χ4n) is 1.74. The van der Waals surface area contributed by atoms with Crippen LogP contribution in [-0.2, 0) is 4.74 Å². The van der Waals surface area contributed by atoms with Crippen LogP contribution in [0.4, 0.5) is 0 Å². The first-order valence-corrected chi connectivity index (χ1v) is 4.13. The lowest BCUT2D eigenvalue weighted by atomic mass is 9.76. The van der Waals surface area contributed by atoms with Crippen LogP contribution < -0.4 is 5.32 Å². The van der Waals surface area contributed by atoms with Gasteiger partial charge in [-0.3, -0.25) is 0 Å². The number of nitrogens with one attached hydrogen (secondary N) is 1. The second-order valence-electron chi connectivity index (χ2n) is 3.76. The van der Waals surface area contributed by atoms with E-state index >= 15 is 0 Å². The molecule has 0 aromatic rings. The van der Waals surface area contributed by atoms with Crippen molar-refractivity contribution < 1.29 is 4.74 Å². The summed E-state index contributed by atoms with van der Waals surface area (Å²) in [6.07, 6.45) is 3.12. The zero-order chi connectivity index (χ0) is 7.03. The normalized spacial score (nSPS) is 34.1. The summed E-state index contributed by atoms with van der Waals surface area (Å²) in [6.45, 7) is 5.51. The predicted molar refractivity (Wildman–Crippen MR) is 47.2 cm³/mol. The average molecular weight is 178 g/mol. The topological polar surface area (TPSA) is 21.3 Å². The summed E-state index contributed by atoms with van der Waals surface area (Å²) in [7, 11) is 0. The van der Waals surface area contributed by atoms with Crippen LogP contribution in [0.2, 0.25) is 0 Å². The van der Waals surface area contributed by atoms with Crippen LogP contribution in [0.1, 0.15) is 19.8 Å². The highest BCUT2D eigenvalue weighted by atomic mass is 35.5. The van der Waals surface area contributed by atoms with Crippen molar-refractivity contribution in [3.05, 3.63) is 0 Å². The van der Waals surface area contributed by atoms with E-state index in [4.69, 9.17) is 4.74 Å². The Bertz CT molecular complexity index is 126. The average Bonchev–Trinajstić information content (AvgIpc) is 1.86. The number of halogens is 1. The van der Waals surface area contributed by atoms with Gasteiger partial charge in [-0.1, -0.05) is 0 Å². The Balaban J connectivity index is 0.000000605. The molecule has 0 bridgehead atoms. The molecule has 3 heteroatoms. The van der Waals surface area contributed by atoms with Crippen molar-refractivity contribution in [3.8, 4) is 0 Å². The molecular weight excluding hydrogens is 162 g/mol. The molecule has 0 aliphatic carbocycles. The van der Waals surface area contributed by atoms with E-state index in [-0.39, 0.29) is 12.4 Å². The summed E-state index contributed by atoms with van der Waals surface area (Å²) in [5.41, 5.74) is 0.548. The Hall–Kier alpha value is 0.210. The zero-order valence-corrected chi connectivity index (χ0v) is 7.75. The predicted octanol–water partition coefficient (Wildman–Crippen LogP) is 1.20. The molecule has 11 heavy (non-hydrogen) atoms. The number of hydrogen-bond acceptors (Lipinski definition) is 2. The highest BCUT2D eigenvalue weighted by molar-refractivity contribution is 5.85. The van der Waals surface area contributed by atoms with Crippen molar-refractivity contribution in [1.82, 2.24) is 5.32 Å². The molecule has 1 N–H and O–H groups in total. The van der Waals surface area contributed by atoms with Gasteiger partial charge >= 0.3 is 0 Å². The summed E-state index contributed by atoms with van der Waals surface area (Å²) < 4.78 is 5.60. The molecule has 2 fully saturated rings. The molecular formula is C8H16ClNO. The Morgan fingerprint density at radius 3 is 2.55 bits per heavy atom. The molecule has 2 aliphatic heterocycles. The van der Waals surface area contributed by atoms with Gasteiger partial charge in [-0.25, -0.2) is 0 Å². The molecule has 0 saturated carbocycles. The number of rotatable bonds is 0. The largest absolute Gasteiger partial charge is 0.378 e. The molecule has 1 unspecified atom stereocenters. The first-order valence-electron chi connectivity index (χ1n) is 4.13. The van der Waals surface area contributed by atoms with Gasteiger partial charge < -0.3 is 10.1 Å².